The monoisotopic (exact) mass is 202 g/mol. The molecule has 0 radical (unpaired) electrons. The van der Waals surface area contributed by atoms with E-state index in [1.165, 1.54) is 11.7 Å². The molecule has 0 amide bonds. The Morgan fingerprint density at radius 3 is 3.00 bits per heavy atom. The number of aromatic nitrogens is 3. The van der Waals surface area contributed by atoms with Gasteiger partial charge in [-0.1, -0.05) is 0 Å². The van der Waals surface area contributed by atoms with Crippen molar-refractivity contribution < 1.29 is 9.53 Å². The summed E-state index contributed by atoms with van der Waals surface area (Å²) in [6, 6.07) is 0. The molecule has 0 aliphatic rings. The van der Waals surface area contributed by atoms with E-state index in [0.29, 0.717) is 11.3 Å². The molecule has 7 heteroatoms. The van der Waals surface area contributed by atoms with Gasteiger partial charge in [-0.25, -0.2) is 5.10 Å². The van der Waals surface area contributed by atoms with Crippen LogP contribution in [0.2, 0.25) is 0 Å². The van der Waals surface area contributed by atoms with E-state index in [0.717, 1.165) is 0 Å². The average molecular weight is 202 g/mol. The topological polar surface area (TPSA) is 85.9 Å². The van der Waals surface area contributed by atoms with E-state index in [9.17, 15) is 4.79 Å². The Balaban J connectivity index is 2.64. The van der Waals surface area contributed by atoms with Crippen LogP contribution in [0.1, 0.15) is 6.42 Å². The zero-order chi connectivity index (χ0) is 9.84. The predicted octanol–water partition coefficient (Wildman–Crippen LogP) is 0.0860. The van der Waals surface area contributed by atoms with Gasteiger partial charge in [-0.05, 0) is 12.2 Å². The number of esters is 1. The Hall–Kier alpha value is -1.37. The summed E-state index contributed by atoms with van der Waals surface area (Å²) in [5.41, 5.74) is 5.47. The van der Waals surface area contributed by atoms with Crippen molar-refractivity contribution in [3.63, 3.8) is 0 Å². The van der Waals surface area contributed by atoms with Gasteiger partial charge in [0.2, 0.25) is 5.95 Å². The second-order valence-corrected chi connectivity index (χ2v) is 2.75. The van der Waals surface area contributed by atoms with E-state index in [1.54, 1.807) is 0 Å². The van der Waals surface area contributed by atoms with Crippen LogP contribution in [0.3, 0.4) is 0 Å². The molecule has 0 bridgehead atoms. The lowest BCUT2D eigenvalue weighted by Crippen LogP contribution is -2.09. The molecule has 0 saturated heterocycles. The molecule has 0 aromatic carbocycles. The second kappa shape index (κ2) is 4.04. The summed E-state index contributed by atoms with van der Waals surface area (Å²) in [4.78, 5) is 10.8. The molecule has 13 heavy (non-hydrogen) atoms. The highest BCUT2D eigenvalue weighted by molar-refractivity contribution is 7.71. The number of H-pyrrole nitrogens is 1. The number of nitrogens with two attached hydrogens (primary N) is 1. The highest BCUT2D eigenvalue weighted by atomic mass is 32.1. The second-order valence-electron chi connectivity index (χ2n) is 2.36. The van der Waals surface area contributed by atoms with E-state index < -0.39 is 0 Å². The van der Waals surface area contributed by atoms with Crippen LogP contribution in [0.15, 0.2) is 0 Å². The first kappa shape index (κ1) is 9.72. The van der Waals surface area contributed by atoms with Crippen molar-refractivity contribution in [3.05, 3.63) is 4.77 Å². The van der Waals surface area contributed by atoms with Gasteiger partial charge in [0.1, 0.15) is 0 Å². The molecule has 0 aliphatic heterocycles. The van der Waals surface area contributed by atoms with Gasteiger partial charge < -0.3 is 10.5 Å². The number of methoxy groups -OCH3 is 1. The number of hydrogen-bond donors (Lipinski definition) is 2. The summed E-state index contributed by atoms with van der Waals surface area (Å²) in [7, 11) is 1.33. The molecule has 0 atom stereocenters. The summed E-state index contributed by atoms with van der Waals surface area (Å²) in [6.45, 7) is 0.383. The maximum Gasteiger partial charge on any atom is 0.307 e. The van der Waals surface area contributed by atoms with Crippen LogP contribution in [0.5, 0.6) is 0 Å². The third-order valence-electron chi connectivity index (χ3n) is 1.55. The lowest BCUT2D eigenvalue weighted by molar-refractivity contribution is -0.140. The predicted molar refractivity (Wildman–Crippen MR) is 48.5 cm³/mol. The molecular weight excluding hydrogens is 192 g/mol. The van der Waals surface area contributed by atoms with Gasteiger partial charge in [0.25, 0.3) is 0 Å². The zero-order valence-corrected chi connectivity index (χ0v) is 7.93. The lowest BCUT2D eigenvalue weighted by atomic mass is 10.4. The fourth-order valence-electron chi connectivity index (χ4n) is 0.851. The van der Waals surface area contributed by atoms with Crippen molar-refractivity contribution in [3.8, 4) is 0 Å². The zero-order valence-electron chi connectivity index (χ0n) is 7.11. The Bertz CT molecular complexity index is 356. The molecule has 72 valence electrons. The van der Waals surface area contributed by atoms with E-state index in [2.05, 4.69) is 14.9 Å². The van der Waals surface area contributed by atoms with Crippen molar-refractivity contribution in [1.29, 1.82) is 0 Å². The lowest BCUT2D eigenvalue weighted by Gasteiger charge is -2.01. The molecule has 1 aromatic rings. The molecule has 3 N–H and O–H groups in total. The summed E-state index contributed by atoms with van der Waals surface area (Å²) < 4.78 is 6.41. The number of hydrogen-bond acceptors (Lipinski definition) is 5. The SMILES string of the molecule is COC(=O)CCn1c(N)n[nH]c1=S. The highest BCUT2D eigenvalue weighted by Crippen LogP contribution is 2.00. The number of aromatic amines is 1. The van der Waals surface area contributed by atoms with Gasteiger partial charge in [0, 0.05) is 6.54 Å². The van der Waals surface area contributed by atoms with Gasteiger partial charge in [0.05, 0.1) is 13.5 Å². The fraction of sp³-hybridized carbons (Fsp3) is 0.500. The minimum absolute atomic E-state index is 0.231. The molecule has 6 nitrogen and oxygen atoms in total. The third-order valence-corrected chi connectivity index (χ3v) is 1.87. The number of rotatable bonds is 3. The minimum atomic E-state index is -0.303. The van der Waals surface area contributed by atoms with E-state index in [1.807, 2.05) is 0 Å². The first-order valence-electron chi connectivity index (χ1n) is 3.62. The van der Waals surface area contributed by atoms with Crippen molar-refractivity contribution >= 4 is 24.1 Å². The number of nitrogens with zero attached hydrogens (tertiary/aromatic N) is 2. The molecule has 1 heterocycles. The van der Waals surface area contributed by atoms with Crippen molar-refractivity contribution in [2.45, 2.75) is 13.0 Å². The molecule has 0 aliphatic carbocycles. The number of carbonyl (C=O) groups excluding carboxylic acids is 1. The Morgan fingerprint density at radius 1 is 1.85 bits per heavy atom. The Kier molecular flexibility index (Phi) is 3.02. The first-order valence-corrected chi connectivity index (χ1v) is 4.03. The summed E-state index contributed by atoms with van der Waals surface area (Å²) in [5.74, 6) is -0.0311. The quantitative estimate of drug-likeness (QED) is 0.535. The van der Waals surface area contributed by atoms with Gasteiger partial charge in [-0.3, -0.25) is 9.36 Å². The first-order chi connectivity index (χ1) is 6.15. The normalized spacial score (nSPS) is 9.92. The van der Waals surface area contributed by atoms with Crippen LogP contribution in [0.25, 0.3) is 0 Å². The largest absolute Gasteiger partial charge is 0.469 e. The number of carbonyl (C=O) groups is 1. The van der Waals surface area contributed by atoms with E-state index in [-0.39, 0.29) is 18.3 Å². The van der Waals surface area contributed by atoms with Crippen molar-refractivity contribution in [2.24, 2.45) is 0 Å². The van der Waals surface area contributed by atoms with Crippen LogP contribution in [0, 0.1) is 4.77 Å². The molecule has 1 rings (SSSR count). The maximum atomic E-state index is 10.8. The van der Waals surface area contributed by atoms with Gasteiger partial charge in [0.15, 0.2) is 4.77 Å². The third kappa shape index (κ3) is 2.28. The molecular formula is C6H10N4O2S. The number of nitrogens with one attached hydrogen (secondary N) is 1. The summed E-state index contributed by atoms with van der Waals surface area (Å²) >= 11 is 4.87. The Labute approximate surface area is 79.7 Å². The van der Waals surface area contributed by atoms with Crippen molar-refractivity contribution in [2.75, 3.05) is 12.8 Å². The van der Waals surface area contributed by atoms with Crippen LogP contribution >= 0.6 is 12.2 Å². The molecule has 0 unspecified atom stereocenters. The standard InChI is InChI=1S/C6H10N4O2S/c1-12-4(11)2-3-10-5(7)8-9-6(10)13/h2-3H2,1H3,(H2,7,8)(H,9,13). The Morgan fingerprint density at radius 2 is 2.54 bits per heavy atom. The van der Waals surface area contributed by atoms with Gasteiger partial charge in [-0.2, -0.15) is 0 Å². The number of nitrogen functional groups attached to an aromatic ring is 1. The molecule has 0 fully saturated rings. The van der Waals surface area contributed by atoms with Crippen LogP contribution in [-0.4, -0.2) is 27.8 Å². The van der Waals surface area contributed by atoms with Gasteiger partial charge in [-0.15, -0.1) is 5.10 Å². The average Bonchev–Trinajstić information content (AvgIpc) is 2.43. The van der Waals surface area contributed by atoms with Crippen LogP contribution in [0.4, 0.5) is 5.95 Å². The molecule has 0 spiro atoms. The molecule has 1 aromatic heterocycles. The van der Waals surface area contributed by atoms with Crippen molar-refractivity contribution in [1.82, 2.24) is 14.8 Å². The van der Waals surface area contributed by atoms with E-state index in [4.69, 9.17) is 18.0 Å². The highest BCUT2D eigenvalue weighted by Gasteiger charge is 2.04. The smallest absolute Gasteiger partial charge is 0.307 e. The fourth-order valence-corrected chi connectivity index (χ4v) is 1.08. The summed E-state index contributed by atoms with van der Waals surface area (Å²) in [5, 5.41) is 6.21. The number of ether oxygens (including phenoxy) is 1. The maximum absolute atomic E-state index is 10.8. The van der Waals surface area contributed by atoms with Gasteiger partial charge >= 0.3 is 5.97 Å². The van der Waals surface area contributed by atoms with Crippen LogP contribution in [-0.2, 0) is 16.1 Å². The van der Waals surface area contributed by atoms with Crippen LogP contribution < -0.4 is 5.73 Å². The summed E-state index contributed by atoms with van der Waals surface area (Å²) in [6.07, 6.45) is 0.231. The molecule has 0 saturated carbocycles. The van der Waals surface area contributed by atoms with E-state index >= 15 is 0 Å². The minimum Gasteiger partial charge on any atom is -0.469 e. The number of anilines is 1.